The van der Waals surface area contributed by atoms with Crippen molar-refractivity contribution < 1.29 is 14.3 Å². The molecule has 0 aliphatic heterocycles. The van der Waals surface area contributed by atoms with Crippen molar-refractivity contribution in [3.05, 3.63) is 69.8 Å². The molecule has 2 atom stereocenters. The van der Waals surface area contributed by atoms with E-state index >= 15 is 4.39 Å². The van der Waals surface area contributed by atoms with E-state index in [9.17, 15) is 14.7 Å². The third-order valence-corrected chi connectivity index (χ3v) is 6.81. The van der Waals surface area contributed by atoms with Crippen LogP contribution in [0, 0.1) is 5.82 Å². The maximum atomic E-state index is 15.1. The summed E-state index contributed by atoms with van der Waals surface area (Å²) in [5.41, 5.74) is 6.43. The Morgan fingerprint density at radius 2 is 2.00 bits per heavy atom. The van der Waals surface area contributed by atoms with E-state index in [0.717, 1.165) is 19.3 Å². The first-order valence-corrected chi connectivity index (χ1v) is 11.7. The monoisotopic (exact) mass is 466 g/mol. The highest BCUT2D eigenvalue weighted by atomic mass is 19.1. The average Bonchev–Trinajstić information content (AvgIpc) is 3.54. The van der Waals surface area contributed by atoms with Gasteiger partial charge in [0.2, 0.25) is 5.43 Å². The van der Waals surface area contributed by atoms with Crippen LogP contribution in [0.3, 0.4) is 0 Å². The van der Waals surface area contributed by atoms with Gasteiger partial charge in [-0.05, 0) is 31.4 Å². The number of rotatable bonds is 10. The van der Waals surface area contributed by atoms with Gasteiger partial charge in [-0.25, -0.2) is 9.18 Å². The summed E-state index contributed by atoms with van der Waals surface area (Å²) in [7, 11) is 0. The molecule has 8 heteroatoms. The van der Waals surface area contributed by atoms with Crippen LogP contribution >= 0.6 is 0 Å². The molecule has 3 aromatic rings. The van der Waals surface area contributed by atoms with Crippen molar-refractivity contribution in [2.75, 3.05) is 24.1 Å². The van der Waals surface area contributed by atoms with Crippen LogP contribution in [0.25, 0.3) is 10.9 Å². The lowest BCUT2D eigenvalue weighted by atomic mass is 10.0. The Labute approximate surface area is 197 Å². The van der Waals surface area contributed by atoms with E-state index in [1.54, 1.807) is 4.57 Å². The van der Waals surface area contributed by atoms with Crippen LogP contribution in [0.5, 0.6) is 0 Å². The number of hydrogen-bond donors (Lipinski definition) is 4. The van der Waals surface area contributed by atoms with Gasteiger partial charge in [0.25, 0.3) is 0 Å². The predicted molar refractivity (Wildman–Crippen MR) is 133 cm³/mol. The summed E-state index contributed by atoms with van der Waals surface area (Å²) in [5.74, 6) is -1.63. The minimum absolute atomic E-state index is 0.0642. The maximum Gasteiger partial charge on any atom is 0.341 e. The molecule has 2 aromatic carbocycles. The van der Waals surface area contributed by atoms with E-state index in [1.165, 1.54) is 17.8 Å². The van der Waals surface area contributed by atoms with Gasteiger partial charge in [0.15, 0.2) is 5.82 Å². The lowest BCUT2D eigenvalue weighted by Crippen LogP contribution is -2.36. The number of anilines is 2. The highest BCUT2D eigenvalue weighted by molar-refractivity contribution is 5.99. The van der Waals surface area contributed by atoms with Crippen molar-refractivity contribution >= 4 is 28.2 Å². The number of benzene rings is 2. The standard InChI is InChI=1S/C26H31FN4O3/c1-3-10-26(14-18(26)16-8-6-5-7-9-16)30-12-11-29-19-13-20-21(23(28)22(19)27)24(32)17(25(33)34)15-31(20)4-2/h5-9,13,15,18,29-30H,3-4,10-12,14,28H2,1-2H3,(H,33,34)/t18-,26+/m0/s1. The van der Waals surface area contributed by atoms with Crippen LogP contribution < -0.4 is 21.8 Å². The lowest BCUT2D eigenvalue weighted by molar-refractivity contribution is 0.0695. The Morgan fingerprint density at radius 3 is 2.65 bits per heavy atom. The second-order valence-corrected chi connectivity index (χ2v) is 8.94. The molecule has 1 aliphatic rings. The number of hydrogen-bond acceptors (Lipinski definition) is 5. The number of aromatic carboxylic acids is 1. The molecule has 1 saturated carbocycles. The number of carbonyl (C=O) groups is 1. The van der Waals surface area contributed by atoms with Crippen molar-refractivity contribution in [1.29, 1.82) is 0 Å². The zero-order valence-corrected chi connectivity index (χ0v) is 19.5. The second kappa shape index (κ2) is 9.46. The molecule has 0 radical (unpaired) electrons. The van der Waals surface area contributed by atoms with Gasteiger partial charge in [-0.1, -0.05) is 43.7 Å². The Hall–Kier alpha value is -3.39. The van der Waals surface area contributed by atoms with E-state index in [0.29, 0.717) is 31.1 Å². The minimum Gasteiger partial charge on any atom is -0.477 e. The van der Waals surface area contributed by atoms with E-state index in [4.69, 9.17) is 5.73 Å². The first kappa shape index (κ1) is 23.8. The fourth-order valence-electron chi connectivity index (χ4n) is 5.03. The molecule has 0 saturated heterocycles. The number of fused-ring (bicyclic) bond motifs is 1. The highest BCUT2D eigenvalue weighted by Gasteiger charge is 2.53. The molecular weight excluding hydrogens is 435 g/mol. The molecule has 7 nitrogen and oxygen atoms in total. The predicted octanol–water partition coefficient (Wildman–Crippen LogP) is 4.17. The normalized spacial score (nSPS) is 19.3. The molecule has 0 spiro atoms. The van der Waals surface area contributed by atoms with Crippen LogP contribution in [-0.4, -0.2) is 34.3 Å². The van der Waals surface area contributed by atoms with Gasteiger partial charge in [0.05, 0.1) is 22.3 Å². The molecule has 1 aliphatic carbocycles. The van der Waals surface area contributed by atoms with Gasteiger partial charge in [-0.15, -0.1) is 0 Å². The van der Waals surface area contributed by atoms with Gasteiger partial charge < -0.3 is 26.0 Å². The number of nitrogens with one attached hydrogen (secondary N) is 2. The molecule has 0 unspecified atom stereocenters. The average molecular weight is 467 g/mol. The van der Waals surface area contributed by atoms with Crippen LogP contribution in [0.15, 0.2) is 47.4 Å². The van der Waals surface area contributed by atoms with Crippen molar-refractivity contribution in [2.24, 2.45) is 0 Å². The number of nitrogen functional groups attached to an aromatic ring is 1. The first-order chi connectivity index (χ1) is 16.3. The van der Waals surface area contributed by atoms with Crippen molar-refractivity contribution in [3.8, 4) is 0 Å². The molecule has 34 heavy (non-hydrogen) atoms. The number of pyridine rings is 1. The number of aromatic nitrogens is 1. The van der Waals surface area contributed by atoms with Crippen LogP contribution in [-0.2, 0) is 6.54 Å². The molecule has 5 N–H and O–H groups in total. The van der Waals surface area contributed by atoms with Gasteiger partial charge in [-0.3, -0.25) is 4.79 Å². The van der Waals surface area contributed by atoms with E-state index in [1.807, 2.05) is 13.0 Å². The van der Waals surface area contributed by atoms with E-state index < -0.39 is 22.8 Å². The highest BCUT2D eigenvalue weighted by Crippen LogP contribution is 2.54. The first-order valence-electron chi connectivity index (χ1n) is 11.7. The Kier molecular flexibility index (Phi) is 6.61. The zero-order valence-electron chi connectivity index (χ0n) is 19.5. The van der Waals surface area contributed by atoms with Gasteiger partial charge in [0.1, 0.15) is 5.56 Å². The smallest absolute Gasteiger partial charge is 0.341 e. The van der Waals surface area contributed by atoms with Crippen molar-refractivity contribution in [3.63, 3.8) is 0 Å². The Bertz CT molecular complexity index is 1270. The van der Waals surface area contributed by atoms with Crippen molar-refractivity contribution in [2.45, 2.75) is 51.1 Å². The largest absolute Gasteiger partial charge is 0.477 e. The minimum atomic E-state index is -1.36. The molecule has 1 heterocycles. The molecule has 0 bridgehead atoms. The fourth-order valence-corrected chi connectivity index (χ4v) is 5.03. The maximum absolute atomic E-state index is 15.1. The molecule has 1 fully saturated rings. The number of nitrogens with zero attached hydrogens (tertiary/aromatic N) is 1. The molecule has 4 rings (SSSR count). The van der Waals surface area contributed by atoms with E-state index in [-0.39, 0.29) is 22.3 Å². The molecular formula is C26H31FN4O3. The quantitative estimate of drug-likeness (QED) is 0.264. The zero-order chi connectivity index (χ0) is 24.5. The SMILES string of the molecule is CCC[C@@]1(NCCNc2cc3c(c(N)c2F)c(=O)c(C(=O)O)cn3CC)C[C@H]1c1ccccc1. The number of halogens is 1. The topological polar surface area (TPSA) is 109 Å². The summed E-state index contributed by atoms with van der Waals surface area (Å²) in [5, 5.41) is 16.0. The summed E-state index contributed by atoms with van der Waals surface area (Å²) < 4.78 is 16.7. The summed E-state index contributed by atoms with van der Waals surface area (Å²) in [6, 6.07) is 12.0. The van der Waals surface area contributed by atoms with Crippen LogP contribution in [0.4, 0.5) is 15.8 Å². The number of carboxylic acids is 1. The third kappa shape index (κ3) is 4.25. The Morgan fingerprint density at radius 1 is 1.26 bits per heavy atom. The summed E-state index contributed by atoms with van der Waals surface area (Å²) in [6.45, 7) is 5.51. The number of nitrogens with two attached hydrogens (primary N) is 1. The third-order valence-electron chi connectivity index (χ3n) is 6.81. The summed E-state index contributed by atoms with van der Waals surface area (Å²) >= 11 is 0. The summed E-state index contributed by atoms with van der Waals surface area (Å²) in [6.07, 6.45) is 4.50. The van der Waals surface area contributed by atoms with Crippen LogP contribution in [0.1, 0.15) is 54.9 Å². The van der Waals surface area contributed by atoms with Crippen molar-refractivity contribution in [1.82, 2.24) is 9.88 Å². The van der Waals surface area contributed by atoms with Gasteiger partial charge >= 0.3 is 5.97 Å². The molecule has 180 valence electrons. The second-order valence-electron chi connectivity index (χ2n) is 8.94. The number of carboxylic acid groups (broad SMARTS) is 1. The lowest BCUT2D eigenvalue weighted by Gasteiger charge is -2.20. The summed E-state index contributed by atoms with van der Waals surface area (Å²) in [4.78, 5) is 24.1. The molecule has 0 amide bonds. The fraction of sp³-hybridized carbons (Fsp3) is 0.385. The van der Waals surface area contributed by atoms with Gasteiger partial charge in [-0.2, -0.15) is 0 Å². The molecule has 1 aromatic heterocycles. The van der Waals surface area contributed by atoms with E-state index in [2.05, 4.69) is 41.8 Å². The van der Waals surface area contributed by atoms with Gasteiger partial charge in [0, 0.05) is 37.3 Å². The Balaban J connectivity index is 1.52. The van der Waals surface area contributed by atoms with Crippen LogP contribution in [0.2, 0.25) is 0 Å². The number of aryl methyl sites for hydroxylation is 1.